The summed E-state index contributed by atoms with van der Waals surface area (Å²) in [6, 6.07) is 7.22. The third-order valence-corrected chi connectivity index (χ3v) is 4.64. The van der Waals surface area contributed by atoms with Crippen molar-refractivity contribution in [2.24, 2.45) is 0 Å². The quantitative estimate of drug-likeness (QED) is 0.930. The van der Waals surface area contributed by atoms with Crippen molar-refractivity contribution in [1.82, 2.24) is 15.1 Å². The zero-order valence-corrected chi connectivity index (χ0v) is 12.5. The molecule has 0 bridgehead atoms. The second kappa shape index (κ2) is 5.79. The van der Waals surface area contributed by atoms with E-state index in [9.17, 15) is 4.79 Å². The number of nitrogens with zero attached hydrogens (tertiary/aromatic N) is 4. The van der Waals surface area contributed by atoms with E-state index in [0.717, 1.165) is 36.9 Å². The van der Waals surface area contributed by atoms with Crippen molar-refractivity contribution >= 4 is 23.1 Å². The van der Waals surface area contributed by atoms with E-state index in [1.807, 2.05) is 12.1 Å². The predicted octanol–water partition coefficient (Wildman–Crippen LogP) is 1.66. The Balaban J connectivity index is 1.75. The van der Waals surface area contributed by atoms with Crippen molar-refractivity contribution < 1.29 is 9.90 Å². The fourth-order valence-electron chi connectivity index (χ4n) is 2.25. The van der Waals surface area contributed by atoms with Gasteiger partial charge in [0.15, 0.2) is 5.82 Å². The highest BCUT2D eigenvalue weighted by Crippen LogP contribution is 2.27. The van der Waals surface area contributed by atoms with Gasteiger partial charge in [-0.2, -0.15) is 0 Å². The molecule has 0 unspecified atom stereocenters. The minimum Gasteiger partial charge on any atom is -0.477 e. The molecule has 2 aromatic rings. The first-order valence-corrected chi connectivity index (χ1v) is 7.56. The summed E-state index contributed by atoms with van der Waals surface area (Å²) in [5, 5.41) is 17.4. The standard InChI is InChI=1S/C14H16N4O2S/c1-17-6-8-18(9-7-17)13-5-2-10(15-16-13)11-3-4-12(21-11)14(19)20/h2-5H,6-9H2,1H3,(H,19,20). The van der Waals surface area contributed by atoms with Crippen molar-refractivity contribution in [2.75, 3.05) is 38.1 Å². The summed E-state index contributed by atoms with van der Waals surface area (Å²) in [4.78, 5) is 16.5. The molecule has 0 spiro atoms. The van der Waals surface area contributed by atoms with Crippen molar-refractivity contribution in [3.63, 3.8) is 0 Å². The third-order valence-electron chi connectivity index (χ3n) is 3.55. The van der Waals surface area contributed by atoms with Gasteiger partial charge in [-0.1, -0.05) is 0 Å². The van der Waals surface area contributed by atoms with E-state index >= 15 is 0 Å². The van der Waals surface area contributed by atoms with Crippen LogP contribution in [0.25, 0.3) is 10.6 Å². The number of thiophene rings is 1. The minimum absolute atomic E-state index is 0.315. The lowest BCUT2D eigenvalue weighted by molar-refractivity contribution is 0.0702. The van der Waals surface area contributed by atoms with Crippen molar-refractivity contribution in [2.45, 2.75) is 0 Å². The van der Waals surface area contributed by atoms with Crippen LogP contribution in [-0.2, 0) is 0 Å². The summed E-state index contributed by atoms with van der Waals surface area (Å²) in [5.41, 5.74) is 0.713. The van der Waals surface area contributed by atoms with E-state index in [1.165, 1.54) is 11.3 Å². The van der Waals surface area contributed by atoms with E-state index in [-0.39, 0.29) is 0 Å². The van der Waals surface area contributed by atoms with Gasteiger partial charge in [0.05, 0.1) is 4.88 Å². The van der Waals surface area contributed by atoms with E-state index in [4.69, 9.17) is 5.11 Å². The number of carboxylic acid groups (broad SMARTS) is 1. The SMILES string of the molecule is CN1CCN(c2ccc(-c3ccc(C(=O)O)s3)nn2)CC1. The first-order chi connectivity index (χ1) is 10.1. The summed E-state index contributed by atoms with van der Waals surface area (Å²) < 4.78 is 0. The molecule has 21 heavy (non-hydrogen) atoms. The number of likely N-dealkylation sites (N-methyl/N-ethyl adjacent to an activating group) is 1. The topological polar surface area (TPSA) is 69.6 Å². The number of anilines is 1. The van der Waals surface area contributed by atoms with Gasteiger partial charge in [-0.3, -0.25) is 0 Å². The zero-order chi connectivity index (χ0) is 14.8. The summed E-state index contributed by atoms with van der Waals surface area (Å²) in [6.45, 7) is 3.95. The van der Waals surface area contributed by atoms with Gasteiger partial charge in [-0.05, 0) is 31.3 Å². The van der Waals surface area contributed by atoms with Crippen LogP contribution in [0.5, 0.6) is 0 Å². The molecule has 1 saturated heterocycles. The van der Waals surface area contributed by atoms with Gasteiger partial charge in [0.25, 0.3) is 0 Å². The van der Waals surface area contributed by atoms with E-state index < -0.39 is 5.97 Å². The second-order valence-corrected chi connectivity index (χ2v) is 6.12. The minimum atomic E-state index is -0.909. The molecule has 3 rings (SSSR count). The Kier molecular flexibility index (Phi) is 3.85. The number of aromatic carboxylic acids is 1. The zero-order valence-electron chi connectivity index (χ0n) is 11.7. The van der Waals surface area contributed by atoms with Crippen molar-refractivity contribution in [3.05, 3.63) is 29.1 Å². The maximum atomic E-state index is 10.9. The van der Waals surface area contributed by atoms with Gasteiger partial charge in [-0.25, -0.2) is 4.79 Å². The molecule has 0 atom stereocenters. The maximum Gasteiger partial charge on any atom is 0.345 e. The molecular weight excluding hydrogens is 288 g/mol. The monoisotopic (exact) mass is 304 g/mol. The Bertz CT molecular complexity index is 633. The summed E-state index contributed by atoms with van der Waals surface area (Å²) in [7, 11) is 2.11. The lowest BCUT2D eigenvalue weighted by Gasteiger charge is -2.32. The number of aromatic nitrogens is 2. The maximum absolute atomic E-state index is 10.9. The largest absolute Gasteiger partial charge is 0.477 e. The van der Waals surface area contributed by atoms with Crippen LogP contribution in [0.15, 0.2) is 24.3 Å². The Labute approximate surface area is 126 Å². The molecule has 7 heteroatoms. The molecule has 1 fully saturated rings. The highest BCUT2D eigenvalue weighted by molar-refractivity contribution is 7.17. The fraction of sp³-hybridized carbons (Fsp3) is 0.357. The molecule has 2 aromatic heterocycles. The lowest BCUT2D eigenvalue weighted by Crippen LogP contribution is -2.44. The van der Waals surface area contributed by atoms with E-state index in [2.05, 4.69) is 27.0 Å². The molecule has 0 radical (unpaired) electrons. The van der Waals surface area contributed by atoms with Gasteiger partial charge in [-0.15, -0.1) is 21.5 Å². The molecule has 0 saturated carbocycles. The van der Waals surface area contributed by atoms with Crippen LogP contribution < -0.4 is 4.90 Å². The third kappa shape index (κ3) is 3.03. The Morgan fingerprint density at radius 3 is 2.48 bits per heavy atom. The molecule has 6 nitrogen and oxygen atoms in total. The number of carbonyl (C=O) groups is 1. The first kappa shape index (κ1) is 14.0. The molecule has 1 N–H and O–H groups in total. The molecule has 110 valence electrons. The Morgan fingerprint density at radius 1 is 1.14 bits per heavy atom. The first-order valence-electron chi connectivity index (χ1n) is 6.74. The summed E-state index contributed by atoms with van der Waals surface area (Å²) >= 11 is 1.21. The molecule has 0 amide bonds. The number of hydrogen-bond acceptors (Lipinski definition) is 6. The van der Waals surface area contributed by atoms with Crippen molar-refractivity contribution in [3.8, 4) is 10.6 Å². The molecule has 1 aliphatic heterocycles. The van der Waals surface area contributed by atoms with Crippen LogP contribution in [0.3, 0.4) is 0 Å². The normalized spacial score (nSPS) is 16.1. The Hall–Kier alpha value is -1.99. The van der Waals surface area contributed by atoms with E-state index in [0.29, 0.717) is 10.6 Å². The van der Waals surface area contributed by atoms with Crippen LogP contribution in [-0.4, -0.2) is 59.4 Å². The highest BCUT2D eigenvalue weighted by Gasteiger charge is 2.16. The van der Waals surface area contributed by atoms with Gasteiger partial charge in [0.2, 0.25) is 0 Å². The number of carboxylic acids is 1. The second-order valence-electron chi connectivity index (χ2n) is 5.04. The molecule has 0 aliphatic carbocycles. The highest BCUT2D eigenvalue weighted by atomic mass is 32.1. The van der Waals surface area contributed by atoms with Gasteiger partial charge >= 0.3 is 5.97 Å². The average molecular weight is 304 g/mol. The van der Waals surface area contributed by atoms with E-state index in [1.54, 1.807) is 12.1 Å². The van der Waals surface area contributed by atoms with Crippen LogP contribution in [0, 0.1) is 0 Å². The fourth-order valence-corrected chi connectivity index (χ4v) is 3.06. The molecular formula is C14H16N4O2S. The summed E-state index contributed by atoms with van der Waals surface area (Å²) in [5.74, 6) is -0.0323. The van der Waals surface area contributed by atoms with Gasteiger partial charge < -0.3 is 14.9 Å². The van der Waals surface area contributed by atoms with Crippen molar-refractivity contribution in [1.29, 1.82) is 0 Å². The van der Waals surface area contributed by atoms with Crippen LogP contribution in [0.2, 0.25) is 0 Å². The van der Waals surface area contributed by atoms with Crippen LogP contribution >= 0.6 is 11.3 Å². The van der Waals surface area contributed by atoms with Gasteiger partial charge in [0, 0.05) is 26.2 Å². The number of hydrogen-bond donors (Lipinski definition) is 1. The predicted molar refractivity (Wildman–Crippen MR) is 82.0 cm³/mol. The molecule has 1 aliphatic rings. The number of rotatable bonds is 3. The smallest absolute Gasteiger partial charge is 0.345 e. The van der Waals surface area contributed by atoms with Crippen LogP contribution in [0.1, 0.15) is 9.67 Å². The molecule has 0 aromatic carbocycles. The average Bonchev–Trinajstić information content (AvgIpc) is 2.98. The lowest BCUT2D eigenvalue weighted by atomic mass is 10.3. The van der Waals surface area contributed by atoms with Crippen LogP contribution in [0.4, 0.5) is 5.82 Å². The summed E-state index contributed by atoms with van der Waals surface area (Å²) in [6.07, 6.45) is 0. The molecule has 3 heterocycles. The Morgan fingerprint density at radius 2 is 1.90 bits per heavy atom. The van der Waals surface area contributed by atoms with Gasteiger partial charge in [0.1, 0.15) is 10.6 Å². The number of piperazine rings is 1.